The maximum absolute atomic E-state index is 13.3. The standard InChI is InChI=1S/C20H20ClFN2O3/c1-13(18(25)24-16-5-4-12-23-17(16)21)27-19(26)20(10-2-3-11-20)14-6-8-15(22)9-7-14/h4-9,12-13H,2-3,10-11H2,1H3,(H,24,25)/t13-/m1/s1. The Morgan fingerprint density at radius 2 is 1.89 bits per heavy atom. The van der Waals surface area contributed by atoms with Crippen molar-refractivity contribution in [1.82, 2.24) is 4.98 Å². The van der Waals surface area contributed by atoms with Gasteiger partial charge in [-0.05, 0) is 49.6 Å². The highest BCUT2D eigenvalue weighted by Gasteiger charge is 2.45. The highest BCUT2D eigenvalue weighted by molar-refractivity contribution is 6.32. The van der Waals surface area contributed by atoms with Crippen molar-refractivity contribution in [3.05, 3.63) is 59.1 Å². The summed E-state index contributed by atoms with van der Waals surface area (Å²) in [6.45, 7) is 1.50. The summed E-state index contributed by atoms with van der Waals surface area (Å²) in [6, 6.07) is 9.15. The summed E-state index contributed by atoms with van der Waals surface area (Å²) in [4.78, 5) is 29.2. The van der Waals surface area contributed by atoms with E-state index in [0.29, 0.717) is 24.1 Å². The molecule has 142 valence electrons. The molecule has 3 rings (SSSR count). The molecule has 1 atom stereocenters. The van der Waals surface area contributed by atoms with Gasteiger partial charge in [0.25, 0.3) is 5.91 Å². The molecule has 0 saturated heterocycles. The maximum Gasteiger partial charge on any atom is 0.317 e. The van der Waals surface area contributed by atoms with Crippen LogP contribution in [0.1, 0.15) is 38.2 Å². The Bertz CT molecular complexity index is 835. The second-order valence-corrected chi connectivity index (χ2v) is 7.03. The molecule has 1 heterocycles. The van der Waals surface area contributed by atoms with Gasteiger partial charge >= 0.3 is 5.97 Å². The average molecular weight is 391 g/mol. The molecule has 7 heteroatoms. The van der Waals surface area contributed by atoms with Crippen molar-refractivity contribution in [1.29, 1.82) is 0 Å². The summed E-state index contributed by atoms with van der Waals surface area (Å²) < 4.78 is 18.8. The predicted molar refractivity (Wildman–Crippen MR) is 100.0 cm³/mol. The first-order chi connectivity index (χ1) is 12.9. The van der Waals surface area contributed by atoms with E-state index in [1.54, 1.807) is 24.3 Å². The summed E-state index contributed by atoms with van der Waals surface area (Å²) >= 11 is 5.93. The lowest BCUT2D eigenvalue weighted by atomic mass is 9.79. The molecule has 0 unspecified atom stereocenters. The molecule has 1 amide bonds. The molecule has 0 aliphatic heterocycles. The number of aromatic nitrogens is 1. The number of halogens is 2. The van der Waals surface area contributed by atoms with Crippen LogP contribution in [-0.2, 0) is 19.7 Å². The van der Waals surface area contributed by atoms with Gasteiger partial charge in [-0.1, -0.05) is 36.6 Å². The van der Waals surface area contributed by atoms with E-state index in [1.165, 1.54) is 25.3 Å². The minimum absolute atomic E-state index is 0.156. The van der Waals surface area contributed by atoms with Crippen LogP contribution in [0.5, 0.6) is 0 Å². The second kappa shape index (κ2) is 8.05. The molecule has 1 fully saturated rings. The number of benzene rings is 1. The summed E-state index contributed by atoms with van der Waals surface area (Å²) in [6.07, 6.45) is 3.47. The monoisotopic (exact) mass is 390 g/mol. The number of nitrogens with one attached hydrogen (secondary N) is 1. The molecule has 1 saturated carbocycles. The number of nitrogens with zero attached hydrogens (tertiary/aromatic N) is 1. The van der Waals surface area contributed by atoms with Crippen LogP contribution >= 0.6 is 11.6 Å². The smallest absolute Gasteiger partial charge is 0.317 e. The minimum Gasteiger partial charge on any atom is -0.452 e. The van der Waals surface area contributed by atoms with Gasteiger partial charge in [0.2, 0.25) is 0 Å². The zero-order chi connectivity index (χ0) is 19.4. The number of ether oxygens (including phenoxy) is 1. The third-order valence-electron chi connectivity index (χ3n) is 4.91. The molecule has 1 aliphatic rings. The Labute approximate surface area is 161 Å². The van der Waals surface area contributed by atoms with Crippen LogP contribution in [0.4, 0.5) is 10.1 Å². The van der Waals surface area contributed by atoms with Gasteiger partial charge in [-0.3, -0.25) is 9.59 Å². The van der Waals surface area contributed by atoms with Crippen LogP contribution in [0.2, 0.25) is 5.15 Å². The van der Waals surface area contributed by atoms with Crippen molar-refractivity contribution in [3.8, 4) is 0 Å². The van der Waals surface area contributed by atoms with Crippen LogP contribution in [0, 0.1) is 5.82 Å². The summed E-state index contributed by atoms with van der Waals surface area (Å²) in [5, 5.41) is 2.76. The van der Waals surface area contributed by atoms with E-state index in [1.807, 2.05) is 0 Å². The normalized spacial score (nSPS) is 16.6. The van der Waals surface area contributed by atoms with Crippen molar-refractivity contribution in [3.63, 3.8) is 0 Å². The fourth-order valence-corrected chi connectivity index (χ4v) is 3.57. The molecule has 1 aromatic heterocycles. The first kappa shape index (κ1) is 19.3. The van der Waals surface area contributed by atoms with E-state index in [2.05, 4.69) is 10.3 Å². The SMILES string of the molecule is C[C@@H](OC(=O)C1(c2ccc(F)cc2)CCCC1)C(=O)Nc1cccnc1Cl. The molecular formula is C20H20ClFN2O3. The molecular weight excluding hydrogens is 371 g/mol. The number of pyridine rings is 1. The van der Waals surface area contributed by atoms with Crippen molar-refractivity contribution < 1.29 is 18.7 Å². The highest BCUT2D eigenvalue weighted by atomic mass is 35.5. The van der Waals surface area contributed by atoms with E-state index < -0.39 is 23.4 Å². The predicted octanol–water partition coefficient (Wildman–Crippen LogP) is 4.26. The first-order valence-corrected chi connectivity index (χ1v) is 9.19. The summed E-state index contributed by atoms with van der Waals surface area (Å²) in [5.41, 5.74) is 0.226. The lowest BCUT2D eigenvalue weighted by Crippen LogP contribution is -2.39. The summed E-state index contributed by atoms with van der Waals surface area (Å²) in [5.74, 6) is -1.32. The third kappa shape index (κ3) is 4.11. The van der Waals surface area contributed by atoms with Crippen LogP contribution in [-0.4, -0.2) is 23.0 Å². The molecule has 27 heavy (non-hydrogen) atoms. The Kier molecular flexibility index (Phi) is 5.75. The fourth-order valence-electron chi connectivity index (χ4n) is 3.40. The lowest BCUT2D eigenvalue weighted by Gasteiger charge is -2.28. The number of hydrogen-bond acceptors (Lipinski definition) is 4. The molecule has 0 spiro atoms. The van der Waals surface area contributed by atoms with Gasteiger partial charge in [-0.15, -0.1) is 0 Å². The van der Waals surface area contributed by atoms with E-state index in [9.17, 15) is 14.0 Å². The number of rotatable bonds is 5. The first-order valence-electron chi connectivity index (χ1n) is 8.81. The zero-order valence-corrected chi connectivity index (χ0v) is 15.6. The van der Waals surface area contributed by atoms with Crippen LogP contribution in [0.25, 0.3) is 0 Å². The van der Waals surface area contributed by atoms with Crippen molar-refractivity contribution >= 4 is 29.2 Å². The van der Waals surface area contributed by atoms with Crippen LogP contribution in [0.15, 0.2) is 42.6 Å². The highest BCUT2D eigenvalue weighted by Crippen LogP contribution is 2.42. The molecule has 0 radical (unpaired) electrons. The van der Waals surface area contributed by atoms with Crippen molar-refractivity contribution in [2.24, 2.45) is 0 Å². The second-order valence-electron chi connectivity index (χ2n) is 6.67. The number of esters is 1. The average Bonchev–Trinajstić information content (AvgIpc) is 3.15. The maximum atomic E-state index is 13.3. The number of anilines is 1. The fraction of sp³-hybridized carbons (Fsp3) is 0.350. The van der Waals surface area contributed by atoms with Gasteiger partial charge < -0.3 is 10.1 Å². The van der Waals surface area contributed by atoms with E-state index >= 15 is 0 Å². The molecule has 1 aromatic carbocycles. The Hall–Kier alpha value is -2.47. The number of amides is 1. The van der Waals surface area contributed by atoms with Crippen LogP contribution in [0.3, 0.4) is 0 Å². The number of carbonyl (C=O) groups is 2. The molecule has 2 aromatic rings. The van der Waals surface area contributed by atoms with Crippen molar-refractivity contribution in [2.45, 2.75) is 44.1 Å². The van der Waals surface area contributed by atoms with Gasteiger partial charge in [-0.25, -0.2) is 9.37 Å². The largest absolute Gasteiger partial charge is 0.452 e. The number of carbonyl (C=O) groups excluding carboxylic acids is 2. The van der Waals surface area contributed by atoms with Gasteiger partial charge in [0.05, 0.1) is 11.1 Å². The zero-order valence-electron chi connectivity index (χ0n) is 14.9. The van der Waals surface area contributed by atoms with E-state index in [0.717, 1.165) is 12.8 Å². The van der Waals surface area contributed by atoms with Gasteiger partial charge in [0.1, 0.15) is 5.82 Å². The van der Waals surface area contributed by atoms with E-state index in [-0.39, 0.29) is 11.0 Å². The molecule has 1 aliphatic carbocycles. The van der Waals surface area contributed by atoms with Gasteiger partial charge in [-0.2, -0.15) is 0 Å². The number of hydrogen-bond donors (Lipinski definition) is 1. The van der Waals surface area contributed by atoms with Crippen molar-refractivity contribution in [2.75, 3.05) is 5.32 Å². The molecule has 1 N–H and O–H groups in total. The summed E-state index contributed by atoms with van der Waals surface area (Å²) in [7, 11) is 0. The van der Waals surface area contributed by atoms with E-state index in [4.69, 9.17) is 16.3 Å². The molecule has 5 nitrogen and oxygen atoms in total. The minimum atomic E-state index is -1.01. The lowest BCUT2D eigenvalue weighted by molar-refractivity contribution is -0.159. The third-order valence-corrected chi connectivity index (χ3v) is 5.22. The Balaban J connectivity index is 1.73. The molecule has 0 bridgehead atoms. The topological polar surface area (TPSA) is 68.3 Å². The van der Waals surface area contributed by atoms with Gasteiger partial charge in [0, 0.05) is 6.20 Å². The Morgan fingerprint density at radius 1 is 1.22 bits per heavy atom. The van der Waals surface area contributed by atoms with Gasteiger partial charge in [0.15, 0.2) is 11.3 Å². The quantitative estimate of drug-likeness (QED) is 0.612. The van der Waals surface area contributed by atoms with Crippen LogP contribution < -0.4 is 5.32 Å². The Morgan fingerprint density at radius 3 is 2.52 bits per heavy atom.